The first-order valence-electron chi connectivity index (χ1n) is 6.71. The SMILES string of the molecule is O=C(NC1CCN(C(=O)C(Cl)Cl)CC1)c1cc(Cl)ccc1Cl. The highest BCUT2D eigenvalue weighted by molar-refractivity contribution is 6.53. The Balaban J connectivity index is 1.92. The van der Waals surface area contributed by atoms with E-state index in [1.54, 1.807) is 17.0 Å². The molecule has 0 atom stereocenters. The number of hydrogen-bond acceptors (Lipinski definition) is 2. The number of piperidine rings is 1. The van der Waals surface area contributed by atoms with Crippen molar-refractivity contribution in [3.05, 3.63) is 33.8 Å². The molecule has 1 aromatic carbocycles. The number of rotatable bonds is 3. The zero-order valence-electron chi connectivity index (χ0n) is 11.5. The lowest BCUT2D eigenvalue weighted by atomic mass is 10.0. The Morgan fingerprint density at radius 2 is 1.82 bits per heavy atom. The maximum absolute atomic E-state index is 12.2. The second kappa shape index (κ2) is 7.73. The molecule has 1 fully saturated rings. The van der Waals surface area contributed by atoms with Crippen LogP contribution in [0.2, 0.25) is 10.0 Å². The number of hydrogen-bond donors (Lipinski definition) is 1. The number of halogens is 4. The average Bonchev–Trinajstić information content (AvgIpc) is 2.49. The molecule has 1 N–H and O–H groups in total. The standard InChI is InChI=1S/C14H14Cl4N2O2/c15-8-1-2-11(16)10(7-8)13(21)19-9-3-5-20(6-4-9)14(22)12(17)18/h1-2,7,9,12H,3-6H2,(H,19,21). The Morgan fingerprint density at radius 1 is 1.18 bits per heavy atom. The third-order valence-electron chi connectivity index (χ3n) is 3.50. The van der Waals surface area contributed by atoms with Crippen LogP contribution >= 0.6 is 46.4 Å². The molecule has 2 rings (SSSR count). The fourth-order valence-corrected chi connectivity index (χ4v) is 2.97. The molecule has 0 unspecified atom stereocenters. The molecule has 0 spiro atoms. The Bertz CT molecular complexity index is 572. The molecule has 8 heteroatoms. The highest BCUT2D eigenvalue weighted by Gasteiger charge is 2.27. The Hall–Kier alpha value is -0.680. The monoisotopic (exact) mass is 382 g/mol. The van der Waals surface area contributed by atoms with Gasteiger partial charge in [0.15, 0.2) is 4.84 Å². The maximum Gasteiger partial charge on any atom is 0.255 e. The van der Waals surface area contributed by atoms with Gasteiger partial charge in [-0.05, 0) is 31.0 Å². The summed E-state index contributed by atoms with van der Waals surface area (Å²) >= 11 is 23.0. The van der Waals surface area contributed by atoms with Gasteiger partial charge in [-0.15, -0.1) is 0 Å². The van der Waals surface area contributed by atoms with E-state index in [1.165, 1.54) is 6.07 Å². The van der Waals surface area contributed by atoms with Gasteiger partial charge in [-0.25, -0.2) is 0 Å². The van der Waals surface area contributed by atoms with Gasteiger partial charge in [0.2, 0.25) is 0 Å². The minimum Gasteiger partial charge on any atom is -0.349 e. The second-order valence-corrected chi connectivity index (χ2v) is 6.94. The van der Waals surface area contributed by atoms with Crippen molar-refractivity contribution in [1.82, 2.24) is 10.2 Å². The molecule has 0 bridgehead atoms. The molecule has 0 aliphatic carbocycles. The first-order chi connectivity index (χ1) is 10.4. The zero-order chi connectivity index (χ0) is 16.3. The summed E-state index contributed by atoms with van der Waals surface area (Å²) in [6.45, 7) is 1.01. The normalized spacial score (nSPS) is 16.0. The third-order valence-corrected chi connectivity index (χ3v) is 4.44. The average molecular weight is 384 g/mol. The van der Waals surface area contributed by atoms with Crippen LogP contribution in [0, 0.1) is 0 Å². The second-order valence-electron chi connectivity index (χ2n) is 5.00. The summed E-state index contributed by atoms with van der Waals surface area (Å²) in [5, 5.41) is 3.70. The smallest absolute Gasteiger partial charge is 0.255 e. The van der Waals surface area contributed by atoms with Gasteiger partial charge in [0, 0.05) is 24.2 Å². The molecule has 4 nitrogen and oxygen atoms in total. The van der Waals surface area contributed by atoms with E-state index < -0.39 is 4.84 Å². The minimum atomic E-state index is -1.04. The van der Waals surface area contributed by atoms with Gasteiger partial charge < -0.3 is 10.2 Å². The van der Waals surface area contributed by atoms with Crippen molar-refractivity contribution in [3.63, 3.8) is 0 Å². The van der Waals surface area contributed by atoms with Crippen LogP contribution in [0.25, 0.3) is 0 Å². The predicted molar refractivity (Wildman–Crippen MR) is 89.0 cm³/mol. The molecule has 1 aromatic rings. The lowest BCUT2D eigenvalue weighted by Gasteiger charge is -2.32. The van der Waals surface area contributed by atoms with Crippen LogP contribution in [0.5, 0.6) is 0 Å². The van der Waals surface area contributed by atoms with Gasteiger partial charge in [0.1, 0.15) is 0 Å². The largest absolute Gasteiger partial charge is 0.349 e. The van der Waals surface area contributed by atoms with Crippen LogP contribution in [0.15, 0.2) is 18.2 Å². The highest BCUT2D eigenvalue weighted by Crippen LogP contribution is 2.21. The van der Waals surface area contributed by atoms with Crippen molar-refractivity contribution in [1.29, 1.82) is 0 Å². The Kier molecular flexibility index (Phi) is 6.21. The third kappa shape index (κ3) is 4.42. The van der Waals surface area contributed by atoms with Crippen molar-refractivity contribution < 1.29 is 9.59 Å². The summed E-state index contributed by atoms with van der Waals surface area (Å²) in [7, 11) is 0. The van der Waals surface area contributed by atoms with E-state index in [4.69, 9.17) is 46.4 Å². The number of nitrogens with zero attached hydrogens (tertiary/aromatic N) is 1. The predicted octanol–water partition coefficient (Wildman–Crippen LogP) is 3.52. The van der Waals surface area contributed by atoms with E-state index in [1.807, 2.05) is 0 Å². The van der Waals surface area contributed by atoms with E-state index in [2.05, 4.69) is 5.32 Å². The maximum atomic E-state index is 12.2. The number of nitrogens with one attached hydrogen (secondary N) is 1. The van der Waals surface area contributed by atoms with E-state index in [0.29, 0.717) is 41.5 Å². The van der Waals surface area contributed by atoms with Crippen LogP contribution in [0.3, 0.4) is 0 Å². The van der Waals surface area contributed by atoms with Gasteiger partial charge in [0.25, 0.3) is 11.8 Å². The molecule has 0 radical (unpaired) electrons. The number of carbonyl (C=O) groups is 2. The fraction of sp³-hybridized carbons (Fsp3) is 0.429. The molecule has 120 valence electrons. The fourth-order valence-electron chi connectivity index (χ4n) is 2.32. The van der Waals surface area contributed by atoms with Crippen LogP contribution < -0.4 is 5.32 Å². The van der Waals surface area contributed by atoms with Crippen LogP contribution in [-0.4, -0.2) is 40.7 Å². The van der Waals surface area contributed by atoms with Crippen LogP contribution in [0.1, 0.15) is 23.2 Å². The lowest BCUT2D eigenvalue weighted by molar-refractivity contribution is -0.130. The summed E-state index contributed by atoms with van der Waals surface area (Å²) in [4.78, 5) is 24.5. The molecule has 22 heavy (non-hydrogen) atoms. The molecule has 1 heterocycles. The first kappa shape index (κ1) is 17.7. The summed E-state index contributed by atoms with van der Waals surface area (Å²) < 4.78 is 0. The zero-order valence-corrected chi connectivity index (χ0v) is 14.5. The number of alkyl halides is 2. The van der Waals surface area contributed by atoms with Crippen molar-refractivity contribution in [2.75, 3.05) is 13.1 Å². The molecule has 2 amide bonds. The molecule has 1 saturated heterocycles. The van der Waals surface area contributed by atoms with Gasteiger partial charge in [-0.2, -0.15) is 0 Å². The number of amides is 2. The quantitative estimate of drug-likeness (QED) is 0.811. The molecular formula is C14H14Cl4N2O2. The topological polar surface area (TPSA) is 49.4 Å². The Labute approximate surface area is 148 Å². The van der Waals surface area contributed by atoms with Crippen molar-refractivity contribution in [3.8, 4) is 0 Å². The van der Waals surface area contributed by atoms with Gasteiger partial charge >= 0.3 is 0 Å². The molecule has 0 saturated carbocycles. The van der Waals surface area contributed by atoms with E-state index in [0.717, 1.165) is 0 Å². The number of carbonyl (C=O) groups excluding carboxylic acids is 2. The molecule has 1 aliphatic rings. The molecule has 0 aromatic heterocycles. The summed E-state index contributed by atoms with van der Waals surface area (Å²) in [6, 6.07) is 4.71. The van der Waals surface area contributed by atoms with Gasteiger partial charge in [-0.3, -0.25) is 9.59 Å². The Morgan fingerprint density at radius 3 is 2.41 bits per heavy atom. The summed E-state index contributed by atoms with van der Waals surface area (Å²) in [5.74, 6) is -0.573. The number of benzene rings is 1. The van der Waals surface area contributed by atoms with Crippen molar-refractivity contribution in [2.24, 2.45) is 0 Å². The summed E-state index contributed by atoms with van der Waals surface area (Å²) in [5.41, 5.74) is 0.342. The number of likely N-dealkylation sites (tertiary alicyclic amines) is 1. The first-order valence-corrected chi connectivity index (χ1v) is 8.34. The van der Waals surface area contributed by atoms with Gasteiger partial charge in [-0.1, -0.05) is 46.4 Å². The van der Waals surface area contributed by atoms with Crippen molar-refractivity contribution in [2.45, 2.75) is 23.7 Å². The van der Waals surface area contributed by atoms with Gasteiger partial charge in [0.05, 0.1) is 10.6 Å². The van der Waals surface area contributed by atoms with Crippen molar-refractivity contribution >= 4 is 58.2 Å². The van der Waals surface area contributed by atoms with E-state index >= 15 is 0 Å². The van der Waals surface area contributed by atoms with Crippen LogP contribution in [0.4, 0.5) is 0 Å². The van der Waals surface area contributed by atoms with Crippen LogP contribution in [-0.2, 0) is 4.79 Å². The summed E-state index contributed by atoms with van der Waals surface area (Å²) in [6.07, 6.45) is 1.27. The lowest BCUT2D eigenvalue weighted by Crippen LogP contribution is -2.47. The van der Waals surface area contributed by atoms with E-state index in [-0.39, 0.29) is 17.9 Å². The van der Waals surface area contributed by atoms with E-state index in [9.17, 15) is 9.59 Å². The highest BCUT2D eigenvalue weighted by atomic mass is 35.5. The molecular weight excluding hydrogens is 370 g/mol. The molecule has 1 aliphatic heterocycles. The minimum absolute atomic E-state index is 0.0318.